The first-order chi connectivity index (χ1) is 6.18. The number of nitrogens with zero attached hydrogens (tertiary/aromatic N) is 1. The predicted octanol–water partition coefficient (Wildman–Crippen LogP) is 2.35. The highest BCUT2D eigenvalue weighted by Gasteiger charge is 2.05. The molecule has 5 heteroatoms. The summed E-state index contributed by atoms with van der Waals surface area (Å²) in [6, 6.07) is 0. The third kappa shape index (κ3) is 3.89. The monoisotopic (exact) mass is 200 g/mol. The Morgan fingerprint density at radius 1 is 1.77 bits per heavy atom. The number of hydrogen-bond donors (Lipinski definition) is 1. The number of thiazole rings is 1. The molecule has 13 heavy (non-hydrogen) atoms. The zero-order chi connectivity index (χ0) is 9.68. The van der Waals surface area contributed by atoms with Gasteiger partial charge in [-0.15, -0.1) is 11.3 Å². The Balaban J connectivity index is 2.26. The van der Waals surface area contributed by atoms with Gasteiger partial charge in [-0.2, -0.15) is 0 Å². The van der Waals surface area contributed by atoms with E-state index in [1.165, 1.54) is 11.3 Å². The van der Waals surface area contributed by atoms with E-state index < -0.39 is 6.09 Å². The minimum absolute atomic E-state index is 0.349. The SMILES string of the molecule is CC(C)COC(=O)Nc1nccs1. The van der Waals surface area contributed by atoms with Crippen LogP contribution in [0.2, 0.25) is 0 Å². The molecule has 72 valence electrons. The number of anilines is 1. The van der Waals surface area contributed by atoms with Crippen LogP contribution in [-0.4, -0.2) is 17.7 Å². The maximum atomic E-state index is 11.0. The van der Waals surface area contributed by atoms with Crippen molar-refractivity contribution in [1.29, 1.82) is 0 Å². The van der Waals surface area contributed by atoms with Crippen LogP contribution in [0.4, 0.5) is 9.93 Å². The van der Waals surface area contributed by atoms with Crippen molar-refractivity contribution < 1.29 is 9.53 Å². The van der Waals surface area contributed by atoms with Gasteiger partial charge < -0.3 is 4.74 Å². The Labute approximate surface area is 80.9 Å². The second-order valence-corrected chi connectivity index (χ2v) is 3.85. The highest BCUT2D eigenvalue weighted by atomic mass is 32.1. The van der Waals surface area contributed by atoms with Crippen LogP contribution in [0.3, 0.4) is 0 Å². The Bertz CT molecular complexity index is 259. The fourth-order valence-electron chi connectivity index (χ4n) is 0.651. The van der Waals surface area contributed by atoms with E-state index in [-0.39, 0.29) is 0 Å². The van der Waals surface area contributed by atoms with Crippen LogP contribution in [0.5, 0.6) is 0 Å². The van der Waals surface area contributed by atoms with Gasteiger partial charge in [0.05, 0.1) is 6.61 Å². The molecule has 1 amide bonds. The van der Waals surface area contributed by atoms with Crippen molar-refractivity contribution in [3.8, 4) is 0 Å². The van der Waals surface area contributed by atoms with Crippen molar-refractivity contribution >= 4 is 22.6 Å². The lowest BCUT2D eigenvalue weighted by atomic mass is 10.2. The van der Waals surface area contributed by atoms with E-state index in [4.69, 9.17) is 4.74 Å². The van der Waals surface area contributed by atoms with E-state index in [1.54, 1.807) is 11.6 Å². The van der Waals surface area contributed by atoms with Crippen LogP contribution in [-0.2, 0) is 4.74 Å². The van der Waals surface area contributed by atoms with Gasteiger partial charge in [0.25, 0.3) is 0 Å². The molecular weight excluding hydrogens is 188 g/mol. The molecule has 1 aromatic rings. The van der Waals surface area contributed by atoms with E-state index in [9.17, 15) is 4.79 Å². The molecule has 0 aromatic carbocycles. The van der Waals surface area contributed by atoms with Gasteiger partial charge in [0, 0.05) is 11.6 Å². The summed E-state index contributed by atoms with van der Waals surface area (Å²) in [5.41, 5.74) is 0. The maximum absolute atomic E-state index is 11.0. The van der Waals surface area contributed by atoms with Crippen LogP contribution >= 0.6 is 11.3 Å². The van der Waals surface area contributed by atoms with E-state index in [0.29, 0.717) is 17.7 Å². The van der Waals surface area contributed by atoms with Crippen molar-refractivity contribution in [3.63, 3.8) is 0 Å². The number of carbonyl (C=O) groups excluding carboxylic acids is 1. The average Bonchev–Trinajstić information content (AvgIpc) is 2.53. The smallest absolute Gasteiger partial charge is 0.413 e. The molecule has 0 spiro atoms. The molecule has 1 N–H and O–H groups in total. The van der Waals surface area contributed by atoms with Gasteiger partial charge in [-0.3, -0.25) is 5.32 Å². The average molecular weight is 200 g/mol. The van der Waals surface area contributed by atoms with E-state index >= 15 is 0 Å². The molecule has 0 atom stereocenters. The van der Waals surface area contributed by atoms with Gasteiger partial charge in [0.15, 0.2) is 5.13 Å². The molecule has 0 unspecified atom stereocenters. The van der Waals surface area contributed by atoms with E-state index in [0.717, 1.165) is 0 Å². The molecule has 0 fully saturated rings. The fourth-order valence-corrected chi connectivity index (χ4v) is 1.17. The minimum atomic E-state index is -0.441. The second kappa shape index (κ2) is 4.81. The van der Waals surface area contributed by atoms with E-state index in [1.807, 2.05) is 13.8 Å². The Morgan fingerprint density at radius 2 is 2.54 bits per heavy atom. The van der Waals surface area contributed by atoms with Crippen LogP contribution in [0.15, 0.2) is 11.6 Å². The Kier molecular flexibility index (Phi) is 3.70. The Morgan fingerprint density at radius 3 is 3.08 bits per heavy atom. The van der Waals surface area contributed by atoms with Crippen molar-refractivity contribution in [1.82, 2.24) is 4.98 Å². The normalized spacial score (nSPS) is 10.1. The number of amides is 1. The van der Waals surface area contributed by atoms with Gasteiger partial charge in [0.2, 0.25) is 0 Å². The summed E-state index contributed by atoms with van der Waals surface area (Å²) in [7, 11) is 0. The third-order valence-electron chi connectivity index (χ3n) is 1.19. The van der Waals surface area contributed by atoms with Gasteiger partial charge >= 0.3 is 6.09 Å². The number of ether oxygens (including phenoxy) is 1. The molecule has 0 aliphatic carbocycles. The topological polar surface area (TPSA) is 51.2 Å². The third-order valence-corrected chi connectivity index (χ3v) is 1.88. The quantitative estimate of drug-likeness (QED) is 0.814. The molecule has 0 bridgehead atoms. The summed E-state index contributed by atoms with van der Waals surface area (Å²) in [6.07, 6.45) is 1.19. The van der Waals surface area contributed by atoms with Gasteiger partial charge in [-0.05, 0) is 5.92 Å². The highest BCUT2D eigenvalue weighted by molar-refractivity contribution is 7.13. The molecule has 0 radical (unpaired) electrons. The molecule has 0 saturated heterocycles. The molecule has 0 aliphatic heterocycles. The van der Waals surface area contributed by atoms with E-state index in [2.05, 4.69) is 10.3 Å². The first-order valence-electron chi connectivity index (χ1n) is 4.01. The first-order valence-corrected chi connectivity index (χ1v) is 4.89. The number of rotatable bonds is 3. The van der Waals surface area contributed by atoms with Crippen LogP contribution in [0, 0.1) is 5.92 Å². The van der Waals surface area contributed by atoms with Gasteiger partial charge in [-0.25, -0.2) is 9.78 Å². The summed E-state index contributed by atoms with van der Waals surface area (Å²) >= 11 is 1.36. The Hall–Kier alpha value is -1.10. The van der Waals surface area contributed by atoms with Gasteiger partial charge in [0.1, 0.15) is 0 Å². The maximum Gasteiger partial charge on any atom is 0.413 e. The largest absolute Gasteiger partial charge is 0.449 e. The lowest BCUT2D eigenvalue weighted by Crippen LogP contribution is -2.16. The molecule has 1 rings (SSSR count). The molecule has 0 saturated carbocycles. The van der Waals surface area contributed by atoms with Crippen LogP contribution in [0.1, 0.15) is 13.8 Å². The van der Waals surface area contributed by atoms with Crippen molar-refractivity contribution in [3.05, 3.63) is 11.6 Å². The molecular formula is C8H12N2O2S. The standard InChI is InChI=1S/C8H12N2O2S/c1-6(2)5-12-8(11)10-7-9-3-4-13-7/h3-4,6H,5H2,1-2H3,(H,9,10,11). The number of hydrogen-bond acceptors (Lipinski definition) is 4. The molecule has 1 aromatic heterocycles. The summed E-state index contributed by atoms with van der Waals surface area (Å²) in [5.74, 6) is 0.349. The molecule has 0 aliphatic rings. The predicted molar refractivity (Wildman–Crippen MR) is 51.9 cm³/mol. The highest BCUT2D eigenvalue weighted by Crippen LogP contribution is 2.10. The first kappa shape index (κ1) is 9.98. The van der Waals surface area contributed by atoms with Crippen LogP contribution < -0.4 is 5.32 Å². The number of aromatic nitrogens is 1. The summed E-state index contributed by atoms with van der Waals surface area (Å²) < 4.78 is 4.89. The lowest BCUT2D eigenvalue weighted by Gasteiger charge is -2.06. The molecule has 4 nitrogen and oxygen atoms in total. The van der Waals surface area contributed by atoms with Crippen molar-refractivity contribution in [2.24, 2.45) is 5.92 Å². The second-order valence-electron chi connectivity index (χ2n) is 2.95. The number of carbonyl (C=O) groups is 1. The molecule has 1 heterocycles. The van der Waals surface area contributed by atoms with Crippen LogP contribution in [0.25, 0.3) is 0 Å². The zero-order valence-corrected chi connectivity index (χ0v) is 8.43. The summed E-state index contributed by atoms with van der Waals surface area (Å²) in [6.45, 7) is 4.39. The fraction of sp³-hybridized carbons (Fsp3) is 0.500. The van der Waals surface area contributed by atoms with Gasteiger partial charge in [-0.1, -0.05) is 13.8 Å². The lowest BCUT2D eigenvalue weighted by molar-refractivity contribution is 0.147. The summed E-state index contributed by atoms with van der Waals surface area (Å²) in [4.78, 5) is 14.9. The zero-order valence-electron chi connectivity index (χ0n) is 7.61. The van der Waals surface area contributed by atoms with Crippen molar-refractivity contribution in [2.75, 3.05) is 11.9 Å². The minimum Gasteiger partial charge on any atom is -0.449 e. The van der Waals surface area contributed by atoms with Crippen molar-refractivity contribution in [2.45, 2.75) is 13.8 Å². The number of nitrogens with one attached hydrogen (secondary N) is 1. The summed E-state index contributed by atoms with van der Waals surface area (Å²) in [5, 5.41) is 4.88.